The molecule has 0 aliphatic rings. The van der Waals surface area contributed by atoms with Crippen molar-refractivity contribution in [2.45, 2.75) is 46.3 Å². The predicted octanol–water partition coefficient (Wildman–Crippen LogP) is 4.75. The number of carbonyl (C=O) groups excluding carboxylic acids is 2. The summed E-state index contributed by atoms with van der Waals surface area (Å²) in [6.07, 6.45) is 0.665. The number of nitrogens with zero attached hydrogens (tertiary/aromatic N) is 2. The van der Waals surface area contributed by atoms with E-state index in [9.17, 15) is 19.7 Å². The van der Waals surface area contributed by atoms with Gasteiger partial charge in [0.1, 0.15) is 11.8 Å². The average Bonchev–Trinajstić information content (AvgIpc) is 2.80. The van der Waals surface area contributed by atoms with E-state index in [-0.39, 0.29) is 34.7 Å². The maximum Gasteiger partial charge on any atom is 0.311 e. The molecule has 0 aliphatic heterocycles. The van der Waals surface area contributed by atoms with Crippen molar-refractivity contribution in [3.05, 3.63) is 62.1 Å². The van der Waals surface area contributed by atoms with E-state index in [1.807, 2.05) is 13.8 Å². The monoisotopic (exact) mass is 538 g/mol. The van der Waals surface area contributed by atoms with E-state index in [1.54, 1.807) is 25.1 Å². The van der Waals surface area contributed by atoms with Crippen LogP contribution in [-0.4, -0.2) is 41.7 Å². The Morgan fingerprint density at radius 2 is 1.81 bits per heavy atom. The van der Waals surface area contributed by atoms with Crippen molar-refractivity contribution in [1.29, 1.82) is 0 Å². The van der Waals surface area contributed by atoms with Crippen molar-refractivity contribution in [2.75, 3.05) is 6.61 Å². The quantitative estimate of drug-likeness (QED) is 0.227. The van der Waals surface area contributed by atoms with Gasteiger partial charge >= 0.3 is 5.69 Å². The van der Waals surface area contributed by atoms with Crippen LogP contribution in [0.25, 0.3) is 0 Å². The van der Waals surface area contributed by atoms with E-state index >= 15 is 0 Å². The lowest BCUT2D eigenvalue weighted by Gasteiger charge is -2.22. The minimum atomic E-state index is -0.945. The summed E-state index contributed by atoms with van der Waals surface area (Å²) in [6, 6.07) is 8.05. The Morgan fingerprint density at radius 3 is 2.42 bits per heavy atom. The van der Waals surface area contributed by atoms with Gasteiger partial charge in [-0.05, 0) is 56.5 Å². The Labute approximate surface area is 219 Å². The van der Waals surface area contributed by atoms with Crippen molar-refractivity contribution in [1.82, 2.24) is 10.7 Å². The second-order valence-corrected chi connectivity index (χ2v) is 9.02. The Balaban J connectivity index is 2.06. The first-order valence-electron chi connectivity index (χ1n) is 11.2. The van der Waals surface area contributed by atoms with Gasteiger partial charge in [0.25, 0.3) is 11.8 Å². The van der Waals surface area contributed by atoms with Gasteiger partial charge in [-0.3, -0.25) is 19.7 Å². The topological polar surface area (TPSA) is 132 Å². The van der Waals surface area contributed by atoms with Crippen LogP contribution < -0.4 is 20.2 Å². The number of nitrogens with one attached hydrogen (secondary N) is 2. The van der Waals surface area contributed by atoms with Gasteiger partial charge in [-0.25, -0.2) is 5.43 Å². The van der Waals surface area contributed by atoms with Crippen LogP contribution in [0.1, 0.15) is 39.7 Å². The molecule has 2 aromatic rings. The molecule has 0 fully saturated rings. The molecule has 0 radical (unpaired) electrons. The van der Waals surface area contributed by atoms with E-state index in [2.05, 4.69) is 15.8 Å². The van der Waals surface area contributed by atoms with E-state index < -0.39 is 28.9 Å². The Kier molecular flexibility index (Phi) is 10.9. The molecule has 0 aliphatic carbocycles. The molecule has 12 heteroatoms. The van der Waals surface area contributed by atoms with Gasteiger partial charge in [0, 0.05) is 16.7 Å². The molecule has 0 saturated carbocycles. The molecular formula is C24H28Cl2N4O6. The fraction of sp³-hybridized carbons (Fsp3) is 0.375. The lowest BCUT2D eigenvalue weighted by molar-refractivity contribution is -0.385. The van der Waals surface area contributed by atoms with Crippen molar-refractivity contribution < 1.29 is 24.0 Å². The van der Waals surface area contributed by atoms with Crippen molar-refractivity contribution in [3.8, 4) is 11.5 Å². The van der Waals surface area contributed by atoms with E-state index in [1.165, 1.54) is 31.3 Å². The zero-order valence-electron chi connectivity index (χ0n) is 20.3. The van der Waals surface area contributed by atoms with Crippen LogP contribution >= 0.6 is 23.2 Å². The minimum absolute atomic E-state index is 0.0840. The second kappa shape index (κ2) is 13.6. The van der Waals surface area contributed by atoms with Crippen molar-refractivity contribution in [3.63, 3.8) is 0 Å². The Morgan fingerprint density at radius 1 is 1.11 bits per heavy atom. The number of nitro benzene ring substituents is 1. The standard InChI is InChI=1S/C24H28Cl2N4O6/c1-5-35-22-8-6-16(11-20(22)30(33)34)13-27-29-24(32)19(10-14(2)3)28-23(31)15(4)36-21-9-7-17(25)12-18(21)26/h6-9,11-15,19H,5,10H2,1-4H3,(H,28,31)(H,29,32)/b27-13-/t15-,19-/m1/s1. The third-order valence-corrected chi connectivity index (χ3v) is 5.31. The van der Waals surface area contributed by atoms with Crippen LogP contribution in [0.4, 0.5) is 5.69 Å². The summed E-state index contributed by atoms with van der Waals surface area (Å²) in [5, 5.41) is 18.5. The van der Waals surface area contributed by atoms with Crippen LogP contribution in [0, 0.1) is 16.0 Å². The molecule has 0 bridgehead atoms. The summed E-state index contributed by atoms with van der Waals surface area (Å²) < 4.78 is 10.9. The van der Waals surface area contributed by atoms with Gasteiger partial charge in [0.15, 0.2) is 11.9 Å². The number of hydrazone groups is 1. The zero-order valence-corrected chi connectivity index (χ0v) is 21.8. The molecular weight excluding hydrogens is 511 g/mol. The minimum Gasteiger partial charge on any atom is -0.487 e. The Bertz CT molecular complexity index is 1130. The summed E-state index contributed by atoms with van der Waals surface area (Å²) >= 11 is 12.0. The van der Waals surface area contributed by atoms with Gasteiger partial charge in [-0.2, -0.15) is 5.10 Å². The summed E-state index contributed by atoms with van der Waals surface area (Å²) in [5.74, 6) is -0.568. The number of hydrogen-bond donors (Lipinski definition) is 2. The Hall–Kier alpha value is -3.37. The second-order valence-electron chi connectivity index (χ2n) is 8.18. The highest BCUT2D eigenvalue weighted by atomic mass is 35.5. The van der Waals surface area contributed by atoms with E-state index in [4.69, 9.17) is 32.7 Å². The number of nitro groups is 1. The zero-order chi connectivity index (χ0) is 26.8. The molecule has 194 valence electrons. The summed E-state index contributed by atoms with van der Waals surface area (Å²) in [5.41, 5.74) is 2.54. The summed E-state index contributed by atoms with van der Waals surface area (Å²) in [4.78, 5) is 36.2. The average molecular weight is 539 g/mol. The molecule has 2 amide bonds. The molecule has 0 unspecified atom stereocenters. The van der Waals surface area contributed by atoms with Gasteiger partial charge in [0.2, 0.25) is 0 Å². The van der Waals surface area contributed by atoms with E-state index in [0.717, 1.165) is 0 Å². The van der Waals surface area contributed by atoms with Gasteiger partial charge in [-0.1, -0.05) is 37.0 Å². The fourth-order valence-electron chi connectivity index (χ4n) is 3.09. The SMILES string of the molecule is CCOc1ccc(/C=N\NC(=O)[C@@H](CC(C)C)NC(=O)[C@@H](C)Oc2ccc(Cl)cc2Cl)cc1[N+](=O)[O-]. The number of ether oxygens (including phenoxy) is 2. The first kappa shape index (κ1) is 28.9. The van der Waals surface area contributed by atoms with Crippen LogP contribution in [0.15, 0.2) is 41.5 Å². The highest BCUT2D eigenvalue weighted by molar-refractivity contribution is 6.35. The molecule has 2 rings (SSSR count). The van der Waals surface area contributed by atoms with Gasteiger partial charge in [-0.15, -0.1) is 0 Å². The lowest BCUT2D eigenvalue weighted by Crippen LogP contribution is -2.49. The molecule has 0 heterocycles. The third-order valence-electron chi connectivity index (χ3n) is 4.77. The lowest BCUT2D eigenvalue weighted by atomic mass is 10.0. The van der Waals surface area contributed by atoms with Crippen LogP contribution in [0.5, 0.6) is 11.5 Å². The summed E-state index contributed by atoms with van der Waals surface area (Å²) in [6.45, 7) is 7.34. The number of hydrogen-bond acceptors (Lipinski definition) is 7. The predicted molar refractivity (Wildman–Crippen MR) is 138 cm³/mol. The molecule has 0 aromatic heterocycles. The van der Waals surface area contributed by atoms with Crippen molar-refractivity contribution in [2.24, 2.45) is 11.0 Å². The molecule has 2 N–H and O–H groups in total. The molecule has 36 heavy (non-hydrogen) atoms. The third kappa shape index (κ3) is 8.69. The van der Waals surface area contributed by atoms with E-state index in [0.29, 0.717) is 17.0 Å². The number of amides is 2. The molecule has 2 aromatic carbocycles. The molecule has 0 spiro atoms. The number of halogens is 2. The number of rotatable bonds is 12. The highest BCUT2D eigenvalue weighted by Gasteiger charge is 2.25. The van der Waals surface area contributed by atoms with Gasteiger partial charge in [0.05, 0.1) is 22.8 Å². The molecule has 10 nitrogen and oxygen atoms in total. The van der Waals surface area contributed by atoms with Crippen LogP contribution in [0.2, 0.25) is 10.0 Å². The van der Waals surface area contributed by atoms with Crippen LogP contribution in [0.3, 0.4) is 0 Å². The largest absolute Gasteiger partial charge is 0.487 e. The van der Waals surface area contributed by atoms with Gasteiger partial charge < -0.3 is 14.8 Å². The first-order chi connectivity index (χ1) is 17.0. The first-order valence-corrected chi connectivity index (χ1v) is 11.9. The highest BCUT2D eigenvalue weighted by Crippen LogP contribution is 2.29. The molecule has 0 saturated heterocycles. The maximum atomic E-state index is 12.7. The number of carbonyl (C=O) groups is 2. The van der Waals surface area contributed by atoms with Crippen LogP contribution in [-0.2, 0) is 9.59 Å². The molecule has 2 atom stereocenters. The smallest absolute Gasteiger partial charge is 0.311 e. The fourth-order valence-corrected chi connectivity index (χ4v) is 3.54. The summed E-state index contributed by atoms with van der Waals surface area (Å²) in [7, 11) is 0. The van der Waals surface area contributed by atoms with Crippen molar-refractivity contribution >= 4 is 46.9 Å². The normalized spacial score (nSPS) is 12.8. The maximum absolute atomic E-state index is 12.7. The number of benzene rings is 2.